The van der Waals surface area contributed by atoms with Crippen molar-refractivity contribution < 1.29 is 0 Å². The van der Waals surface area contributed by atoms with E-state index in [1.54, 1.807) is 0 Å². The molecule has 0 saturated heterocycles. The molecule has 0 saturated carbocycles. The van der Waals surface area contributed by atoms with Crippen molar-refractivity contribution in [2.75, 3.05) is 26.2 Å². The Bertz CT molecular complexity index is 331. The topological polar surface area (TPSA) is 15.3 Å². The Morgan fingerprint density at radius 3 is 2.47 bits per heavy atom. The summed E-state index contributed by atoms with van der Waals surface area (Å²) in [6.45, 7) is 14.7. The van der Waals surface area contributed by atoms with Crippen LogP contribution in [0.5, 0.6) is 0 Å². The third-order valence-electron chi connectivity index (χ3n) is 3.82. The summed E-state index contributed by atoms with van der Waals surface area (Å²) in [6.07, 6.45) is 2.60. The van der Waals surface area contributed by atoms with Gasteiger partial charge < -0.3 is 10.2 Å². The third-order valence-corrected chi connectivity index (χ3v) is 4.82. The van der Waals surface area contributed by atoms with Gasteiger partial charge in [-0.2, -0.15) is 0 Å². The van der Waals surface area contributed by atoms with Gasteiger partial charge in [-0.25, -0.2) is 0 Å². The minimum absolute atomic E-state index is 0.861. The van der Waals surface area contributed by atoms with Crippen molar-refractivity contribution in [2.24, 2.45) is 5.92 Å². The van der Waals surface area contributed by atoms with Crippen molar-refractivity contribution in [3.8, 4) is 0 Å². The lowest BCUT2D eigenvalue weighted by Crippen LogP contribution is -2.35. The van der Waals surface area contributed by atoms with Crippen molar-refractivity contribution in [3.05, 3.63) is 21.9 Å². The number of hydrogen-bond donors (Lipinski definition) is 1. The summed E-state index contributed by atoms with van der Waals surface area (Å²) in [4.78, 5) is 5.42. The molecule has 0 atom stereocenters. The van der Waals surface area contributed by atoms with E-state index in [1.165, 1.54) is 29.1 Å². The summed E-state index contributed by atoms with van der Waals surface area (Å²) in [5, 5.41) is 3.56. The lowest BCUT2D eigenvalue weighted by molar-refractivity contribution is 0.234. The maximum Gasteiger partial charge on any atom is 0.0300 e. The first kappa shape index (κ1) is 16.7. The minimum atomic E-state index is 0.861. The molecule has 2 nitrogen and oxygen atoms in total. The molecule has 0 fully saturated rings. The number of nitrogens with zero attached hydrogens (tertiary/aromatic N) is 1. The van der Waals surface area contributed by atoms with Crippen LogP contribution in [-0.4, -0.2) is 31.1 Å². The Kier molecular flexibility index (Phi) is 8.35. The van der Waals surface area contributed by atoms with E-state index in [0.717, 1.165) is 32.1 Å². The average molecular weight is 282 g/mol. The molecule has 1 heterocycles. The van der Waals surface area contributed by atoms with Crippen LogP contribution in [0.25, 0.3) is 0 Å². The molecule has 0 unspecified atom stereocenters. The molecule has 0 aromatic carbocycles. The number of hydrogen-bond acceptors (Lipinski definition) is 3. The molecule has 0 aliphatic rings. The minimum Gasteiger partial charge on any atom is -0.311 e. The van der Waals surface area contributed by atoms with Gasteiger partial charge in [0.25, 0.3) is 0 Å². The number of thiophene rings is 1. The zero-order chi connectivity index (χ0) is 14.1. The molecule has 1 aromatic rings. The van der Waals surface area contributed by atoms with Gasteiger partial charge in [-0.15, -0.1) is 11.3 Å². The van der Waals surface area contributed by atoms with Crippen LogP contribution in [0.1, 0.15) is 43.4 Å². The second-order valence-electron chi connectivity index (χ2n) is 5.26. The van der Waals surface area contributed by atoms with Gasteiger partial charge in [0, 0.05) is 35.9 Å². The van der Waals surface area contributed by atoms with Crippen LogP contribution in [0.2, 0.25) is 0 Å². The molecule has 3 heteroatoms. The summed E-state index contributed by atoms with van der Waals surface area (Å²) in [5.41, 5.74) is 0. The first-order valence-corrected chi connectivity index (χ1v) is 8.49. The van der Waals surface area contributed by atoms with Crippen LogP contribution in [0, 0.1) is 12.8 Å². The Balaban J connectivity index is 2.18. The highest BCUT2D eigenvalue weighted by atomic mass is 32.1. The molecule has 1 N–H and O–H groups in total. The van der Waals surface area contributed by atoms with E-state index in [2.05, 4.69) is 50.0 Å². The van der Waals surface area contributed by atoms with Gasteiger partial charge in [0.15, 0.2) is 0 Å². The van der Waals surface area contributed by atoms with Gasteiger partial charge in [-0.3, -0.25) is 0 Å². The zero-order valence-electron chi connectivity index (χ0n) is 13.0. The first-order chi connectivity index (χ1) is 9.19. The van der Waals surface area contributed by atoms with E-state index in [9.17, 15) is 0 Å². The Morgan fingerprint density at radius 1 is 1.21 bits per heavy atom. The fourth-order valence-corrected chi connectivity index (χ4v) is 3.18. The maximum atomic E-state index is 3.56. The molecular formula is C16H30N2S. The molecular weight excluding hydrogens is 252 g/mol. The van der Waals surface area contributed by atoms with Gasteiger partial charge in [-0.1, -0.05) is 33.6 Å². The lowest BCUT2D eigenvalue weighted by Gasteiger charge is -2.25. The summed E-state index contributed by atoms with van der Waals surface area (Å²) >= 11 is 1.89. The van der Waals surface area contributed by atoms with E-state index in [0.29, 0.717) is 0 Å². The smallest absolute Gasteiger partial charge is 0.0300 e. The largest absolute Gasteiger partial charge is 0.311 e. The number of aryl methyl sites for hydroxylation is 1. The summed E-state index contributed by atoms with van der Waals surface area (Å²) in [5.74, 6) is 0.861. The molecule has 1 rings (SSSR count). The normalized spacial score (nSPS) is 11.7. The fourth-order valence-electron chi connectivity index (χ4n) is 2.32. The van der Waals surface area contributed by atoms with E-state index in [-0.39, 0.29) is 0 Å². The first-order valence-electron chi connectivity index (χ1n) is 7.67. The highest BCUT2D eigenvalue weighted by Gasteiger charge is 2.09. The quantitative estimate of drug-likeness (QED) is 0.655. The Hall–Kier alpha value is -0.380. The Labute approximate surface area is 123 Å². The summed E-state index contributed by atoms with van der Waals surface area (Å²) < 4.78 is 0. The van der Waals surface area contributed by atoms with Gasteiger partial charge in [0.05, 0.1) is 0 Å². The lowest BCUT2D eigenvalue weighted by atomic mass is 10.0. The molecule has 110 valence electrons. The predicted molar refractivity (Wildman–Crippen MR) is 86.9 cm³/mol. The van der Waals surface area contributed by atoms with Gasteiger partial charge in [0.2, 0.25) is 0 Å². The van der Waals surface area contributed by atoms with Crippen molar-refractivity contribution >= 4 is 11.3 Å². The highest BCUT2D eigenvalue weighted by molar-refractivity contribution is 7.11. The number of likely N-dealkylation sites (N-methyl/N-ethyl adjacent to an activating group) is 1. The van der Waals surface area contributed by atoms with Gasteiger partial charge in [0.1, 0.15) is 0 Å². The van der Waals surface area contributed by atoms with E-state index in [1.807, 2.05) is 11.3 Å². The van der Waals surface area contributed by atoms with Crippen LogP contribution in [-0.2, 0) is 6.54 Å². The van der Waals surface area contributed by atoms with Crippen LogP contribution in [0.4, 0.5) is 0 Å². The third kappa shape index (κ3) is 6.55. The van der Waals surface area contributed by atoms with Gasteiger partial charge >= 0.3 is 0 Å². The molecule has 0 bridgehead atoms. The van der Waals surface area contributed by atoms with Crippen LogP contribution < -0.4 is 5.32 Å². The van der Waals surface area contributed by atoms with Gasteiger partial charge in [-0.05, 0) is 31.5 Å². The summed E-state index contributed by atoms with van der Waals surface area (Å²) in [7, 11) is 0. The average Bonchev–Trinajstić information content (AvgIpc) is 2.84. The van der Waals surface area contributed by atoms with Crippen molar-refractivity contribution in [3.63, 3.8) is 0 Å². The monoisotopic (exact) mass is 282 g/mol. The van der Waals surface area contributed by atoms with Crippen LogP contribution in [0.15, 0.2) is 12.1 Å². The van der Waals surface area contributed by atoms with Crippen molar-refractivity contribution in [2.45, 2.75) is 47.1 Å². The molecule has 0 aliphatic heterocycles. The number of nitrogens with one attached hydrogen (secondary N) is 1. The van der Waals surface area contributed by atoms with Crippen LogP contribution in [0.3, 0.4) is 0 Å². The van der Waals surface area contributed by atoms with E-state index in [4.69, 9.17) is 0 Å². The summed E-state index contributed by atoms with van der Waals surface area (Å²) in [6, 6.07) is 4.43. The standard InChI is InChI=1S/C16H30N2S/c1-5-15(6-2)13-18(7-3)11-10-17-12-16-9-8-14(4)19-16/h8-9,15,17H,5-7,10-13H2,1-4H3. The van der Waals surface area contributed by atoms with Crippen molar-refractivity contribution in [1.29, 1.82) is 0 Å². The Morgan fingerprint density at radius 2 is 1.95 bits per heavy atom. The molecule has 0 radical (unpaired) electrons. The molecule has 19 heavy (non-hydrogen) atoms. The molecule has 1 aromatic heterocycles. The molecule has 0 amide bonds. The molecule has 0 aliphatic carbocycles. The second-order valence-corrected chi connectivity index (χ2v) is 6.64. The zero-order valence-corrected chi connectivity index (χ0v) is 13.9. The SMILES string of the molecule is CCC(CC)CN(CC)CCNCc1ccc(C)s1. The second kappa shape index (κ2) is 9.51. The van der Waals surface area contributed by atoms with E-state index >= 15 is 0 Å². The molecule has 0 spiro atoms. The predicted octanol–water partition coefficient (Wildman–Crippen LogP) is 3.90. The number of rotatable bonds is 10. The van der Waals surface area contributed by atoms with E-state index < -0.39 is 0 Å². The maximum absolute atomic E-state index is 3.56. The van der Waals surface area contributed by atoms with Crippen molar-refractivity contribution in [1.82, 2.24) is 10.2 Å². The van der Waals surface area contributed by atoms with Crippen LogP contribution >= 0.6 is 11.3 Å². The highest BCUT2D eigenvalue weighted by Crippen LogP contribution is 2.14. The fraction of sp³-hybridized carbons (Fsp3) is 0.750.